The van der Waals surface area contributed by atoms with Crippen LogP contribution in [-0.2, 0) is 25.6 Å². The van der Waals surface area contributed by atoms with E-state index in [1.165, 1.54) is 6.92 Å². The molecule has 9 nitrogen and oxygen atoms in total. The Hall–Kier alpha value is -2.59. The molecule has 0 radical (unpaired) electrons. The molecule has 10 heteroatoms. The van der Waals surface area contributed by atoms with Gasteiger partial charge in [-0.25, -0.2) is 4.79 Å². The van der Waals surface area contributed by atoms with E-state index in [1.54, 1.807) is 24.3 Å². The summed E-state index contributed by atoms with van der Waals surface area (Å²) in [6.45, 7) is 1.18. The second kappa shape index (κ2) is 11.2. The van der Waals surface area contributed by atoms with Gasteiger partial charge in [-0.05, 0) is 12.5 Å². The monoisotopic (exact) mass is 396 g/mol. The van der Waals surface area contributed by atoms with Gasteiger partial charge in [0.1, 0.15) is 18.1 Å². The van der Waals surface area contributed by atoms with E-state index in [0.717, 1.165) is 5.56 Å². The number of amides is 3. The Kier molecular flexibility index (Phi) is 9.31. The fraction of sp³-hybridized carbons (Fsp3) is 0.412. The number of hydrogen-bond donors (Lipinski definition) is 6. The smallest absolute Gasteiger partial charge is 0.327 e. The molecule has 0 saturated heterocycles. The number of carboxylic acids is 1. The summed E-state index contributed by atoms with van der Waals surface area (Å²) in [5.41, 5.74) is 5.97. The Morgan fingerprint density at radius 3 is 2.15 bits per heavy atom. The molecule has 148 valence electrons. The third-order valence-electron chi connectivity index (χ3n) is 3.67. The van der Waals surface area contributed by atoms with Gasteiger partial charge < -0.3 is 26.8 Å². The number of carboxylic acid groups (broad SMARTS) is 1. The van der Waals surface area contributed by atoms with Gasteiger partial charge in [-0.2, -0.15) is 12.6 Å². The fourth-order valence-corrected chi connectivity index (χ4v) is 2.43. The summed E-state index contributed by atoms with van der Waals surface area (Å²) < 4.78 is 0. The molecular formula is C17H24N4O5S. The Morgan fingerprint density at radius 2 is 1.63 bits per heavy atom. The summed E-state index contributed by atoms with van der Waals surface area (Å²) in [6, 6.07) is 5.80. The molecule has 1 rings (SSSR count). The molecule has 0 aliphatic heterocycles. The zero-order valence-corrected chi connectivity index (χ0v) is 15.7. The van der Waals surface area contributed by atoms with Crippen molar-refractivity contribution in [3.63, 3.8) is 0 Å². The van der Waals surface area contributed by atoms with Gasteiger partial charge in [0.05, 0.1) is 6.54 Å². The van der Waals surface area contributed by atoms with Crippen LogP contribution in [0.25, 0.3) is 0 Å². The van der Waals surface area contributed by atoms with Crippen LogP contribution in [0.4, 0.5) is 0 Å². The molecule has 0 heterocycles. The maximum absolute atomic E-state index is 12.5. The van der Waals surface area contributed by atoms with E-state index in [2.05, 4.69) is 28.6 Å². The molecule has 0 saturated carbocycles. The molecule has 3 atom stereocenters. The van der Waals surface area contributed by atoms with Crippen LogP contribution in [0.2, 0.25) is 0 Å². The number of aliphatic carboxylic acids is 1. The highest BCUT2D eigenvalue weighted by molar-refractivity contribution is 7.80. The average molecular weight is 396 g/mol. The largest absolute Gasteiger partial charge is 0.480 e. The summed E-state index contributed by atoms with van der Waals surface area (Å²) >= 11 is 3.91. The minimum absolute atomic E-state index is 0.101. The van der Waals surface area contributed by atoms with Crippen LogP contribution in [0, 0.1) is 0 Å². The van der Waals surface area contributed by atoms with Crippen LogP contribution in [0.3, 0.4) is 0 Å². The van der Waals surface area contributed by atoms with Gasteiger partial charge in [0.25, 0.3) is 0 Å². The summed E-state index contributed by atoms with van der Waals surface area (Å²) in [4.78, 5) is 47.3. The quantitative estimate of drug-likeness (QED) is 0.270. The zero-order valence-electron chi connectivity index (χ0n) is 14.8. The van der Waals surface area contributed by atoms with Crippen molar-refractivity contribution in [2.75, 3.05) is 12.3 Å². The maximum Gasteiger partial charge on any atom is 0.327 e. The molecule has 27 heavy (non-hydrogen) atoms. The van der Waals surface area contributed by atoms with E-state index in [-0.39, 0.29) is 18.7 Å². The van der Waals surface area contributed by atoms with Crippen molar-refractivity contribution >= 4 is 36.3 Å². The maximum atomic E-state index is 12.5. The Bertz CT molecular complexity index is 671. The Morgan fingerprint density at radius 1 is 1.04 bits per heavy atom. The minimum Gasteiger partial charge on any atom is -0.480 e. The lowest BCUT2D eigenvalue weighted by molar-refractivity contribution is -0.141. The normalized spacial score (nSPS) is 13.7. The summed E-state index contributed by atoms with van der Waals surface area (Å²) in [7, 11) is 0. The predicted octanol–water partition coefficient (Wildman–Crippen LogP) is -1.32. The first kappa shape index (κ1) is 22.5. The average Bonchev–Trinajstić information content (AvgIpc) is 2.65. The molecule has 0 fully saturated rings. The molecule has 1 aromatic carbocycles. The number of thiol groups is 1. The van der Waals surface area contributed by atoms with Crippen molar-refractivity contribution in [3.8, 4) is 0 Å². The summed E-state index contributed by atoms with van der Waals surface area (Å²) in [6.07, 6.45) is 0.148. The van der Waals surface area contributed by atoms with Gasteiger partial charge in [-0.3, -0.25) is 14.4 Å². The highest BCUT2D eigenvalue weighted by atomic mass is 32.1. The van der Waals surface area contributed by atoms with Crippen molar-refractivity contribution in [2.45, 2.75) is 31.5 Å². The van der Waals surface area contributed by atoms with Gasteiger partial charge in [-0.15, -0.1) is 0 Å². The molecule has 0 aliphatic rings. The lowest BCUT2D eigenvalue weighted by Gasteiger charge is -2.23. The van der Waals surface area contributed by atoms with Crippen molar-refractivity contribution in [1.29, 1.82) is 0 Å². The van der Waals surface area contributed by atoms with Gasteiger partial charge in [0, 0.05) is 12.2 Å². The van der Waals surface area contributed by atoms with Crippen molar-refractivity contribution in [3.05, 3.63) is 35.9 Å². The second-order valence-electron chi connectivity index (χ2n) is 5.83. The molecule has 3 unspecified atom stereocenters. The number of nitrogens with two attached hydrogens (primary N) is 1. The number of hydrogen-bond acceptors (Lipinski definition) is 6. The SMILES string of the molecule is CC(NC(=O)CN)C(=O)NC(Cc1ccccc1)C(=O)NC(CS)C(=O)O. The number of carbonyl (C=O) groups excluding carboxylic acids is 3. The van der Waals surface area contributed by atoms with Crippen LogP contribution >= 0.6 is 12.6 Å². The number of carbonyl (C=O) groups is 4. The number of rotatable bonds is 10. The summed E-state index contributed by atoms with van der Waals surface area (Å²) in [5.74, 6) is -3.10. The van der Waals surface area contributed by atoms with Gasteiger partial charge in [0.2, 0.25) is 17.7 Å². The van der Waals surface area contributed by atoms with Crippen LogP contribution < -0.4 is 21.7 Å². The van der Waals surface area contributed by atoms with Gasteiger partial charge in [-0.1, -0.05) is 30.3 Å². The van der Waals surface area contributed by atoms with E-state index < -0.39 is 41.8 Å². The van der Waals surface area contributed by atoms with Gasteiger partial charge in [0.15, 0.2) is 0 Å². The number of benzene rings is 1. The lowest BCUT2D eigenvalue weighted by Crippen LogP contribution is -2.56. The van der Waals surface area contributed by atoms with E-state index in [9.17, 15) is 19.2 Å². The second-order valence-corrected chi connectivity index (χ2v) is 6.19. The molecule has 0 aromatic heterocycles. The number of nitrogens with one attached hydrogen (secondary N) is 3. The molecule has 1 aromatic rings. The third kappa shape index (κ3) is 7.67. The highest BCUT2D eigenvalue weighted by Gasteiger charge is 2.27. The van der Waals surface area contributed by atoms with Crippen LogP contribution in [0.5, 0.6) is 0 Å². The molecule has 0 bridgehead atoms. The molecule has 0 spiro atoms. The molecule has 0 aliphatic carbocycles. The first-order valence-electron chi connectivity index (χ1n) is 8.26. The van der Waals surface area contributed by atoms with E-state index in [4.69, 9.17) is 10.8 Å². The van der Waals surface area contributed by atoms with Gasteiger partial charge >= 0.3 is 5.97 Å². The minimum atomic E-state index is -1.23. The third-order valence-corrected chi connectivity index (χ3v) is 4.03. The zero-order chi connectivity index (χ0) is 20.4. The van der Waals surface area contributed by atoms with Crippen molar-refractivity contribution in [2.24, 2.45) is 5.73 Å². The van der Waals surface area contributed by atoms with Crippen molar-refractivity contribution < 1.29 is 24.3 Å². The highest BCUT2D eigenvalue weighted by Crippen LogP contribution is 2.05. The lowest BCUT2D eigenvalue weighted by atomic mass is 10.0. The topological polar surface area (TPSA) is 151 Å². The van der Waals surface area contributed by atoms with Crippen LogP contribution in [0.15, 0.2) is 30.3 Å². The van der Waals surface area contributed by atoms with Crippen LogP contribution in [-0.4, -0.2) is 59.2 Å². The van der Waals surface area contributed by atoms with E-state index >= 15 is 0 Å². The predicted molar refractivity (Wildman–Crippen MR) is 102 cm³/mol. The Balaban J connectivity index is 2.89. The van der Waals surface area contributed by atoms with Crippen LogP contribution in [0.1, 0.15) is 12.5 Å². The molecular weight excluding hydrogens is 372 g/mol. The Labute approximate surface area is 162 Å². The first-order chi connectivity index (χ1) is 12.8. The standard InChI is InChI=1S/C17H24N4O5S/c1-10(19-14(22)8-18)15(23)20-12(7-11-5-3-2-4-6-11)16(24)21-13(9-27)17(25)26/h2-6,10,12-13,27H,7-9,18H2,1H3,(H,19,22)(H,20,23)(H,21,24)(H,25,26). The molecule has 3 amide bonds. The first-order valence-corrected chi connectivity index (χ1v) is 8.89. The van der Waals surface area contributed by atoms with Crippen molar-refractivity contribution in [1.82, 2.24) is 16.0 Å². The molecule has 6 N–H and O–H groups in total. The van der Waals surface area contributed by atoms with E-state index in [1.807, 2.05) is 6.07 Å². The summed E-state index contributed by atoms with van der Waals surface area (Å²) in [5, 5.41) is 16.4. The fourth-order valence-electron chi connectivity index (χ4n) is 2.18. The van der Waals surface area contributed by atoms with E-state index in [0.29, 0.717) is 0 Å².